The van der Waals surface area contributed by atoms with Crippen LogP contribution in [0.4, 0.5) is 27.1 Å². The molecule has 0 atom stereocenters. The van der Waals surface area contributed by atoms with Crippen LogP contribution in [-0.4, -0.2) is 34.4 Å². The minimum absolute atomic E-state index is 0.0599. The van der Waals surface area contributed by atoms with Gasteiger partial charge in [-0.3, -0.25) is 25.0 Å². The van der Waals surface area contributed by atoms with Crippen molar-refractivity contribution in [1.29, 1.82) is 0 Å². The van der Waals surface area contributed by atoms with E-state index in [1.165, 1.54) is 12.1 Å². The monoisotopic (exact) mass is 418 g/mol. The number of nitro benzene ring substituents is 2. The number of nitrogens with one attached hydrogen (secondary N) is 2. The number of amides is 1. The van der Waals surface area contributed by atoms with Crippen LogP contribution in [0.25, 0.3) is 0 Å². The van der Waals surface area contributed by atoms with Crippen molar-refractivity contribution in [2.45, 2.75) is 18.9 Å². The van der Waals surface area contributed by atoms with E-state index in [1.54, 1.807) is 0 Å². The Morgan fingerprint density at radius 1 is 1.07 bits per heavy atom. The number of ether oxygens (including phenoxy) is 1. The predicted octanol–water partition coefficient (Wildman–Crippen LogP) is 3.01. The zero-order valence-electron chi connectivity index (χ0n) is 15.3. The molecule has 0 aliphatic heterocycles. The van der Waals surface area contributed by atoms with E-state index >= 15 is 0 Å². The Bertz CT molecular complexity index is 1040. The summed E-state index contributed by atoms with van der Waals surface area (Å²) >= 11 is 0. The average molecular weight is 418 g/mol. The van der Waals surface area contributed by atoms with E-state index in [0.717, 1.165) is 37.1 Å². The molecule has 0 heterocycles. The van der Waals surface area contributed by atoms with Gasteiger partial charge in [-0.15, -0.1) is 0 Å². The minimum Gasteiger partial charge on any atom is -0.452 e. The Labute approximate surface area is 168 Å². The predicted molar refractivity (Wildman–Crippen MR) is 102 cm³/mol. The van der Waals surface area contributed by atoms with Crippen molar-refractivity contribution in [1.82, 2.24) is 0 Å². The van der Waals surface area contributed by atoms with Crippen molar-refractivity contribution in [2.24, 2.45) is 0 Å². The first-order chi connectivity index (χ1) is 14.2. The molecule has 0 bridgehead atoms. The van der Waals surface area contributed by atoms with Gasteiger partial charge in [-0.1, -0.05) is 0 Å². The molecule has 1 aliphatic carbocycles. The molecule has 1 amide bonds. The quantitative estimate of drug-likeness (QED) is 0.377. The average Bonchev–Trinajstić information content (AvgIpc) is 3.51. The molecule has 1 saturated carbocycles. The molecule has 2 aromatic rings. The number of anilines is 2. The number of carbonyl (C=O) groups excluding carboxylic acids is 2. The lowest BCUT2D eigenvalue weighted by Gasteiger charge is -2.09. The van der Waals surface area contributed by atoms with Gasteiger partial charge in [-0.25, -0.2) is 4.79 Å². The van der Waals surface area contributed by atoms with Crippen LogP contribution in [-0.2, 0) is 9.53 Å². The molecular formula is C18H15FN4O7. The number of carbonyl (C=O) groups is 2. The molecular weight excluding hydrogens is 403 g/mol. The smallest absolute Gasteiger partial charge is 0.338 e. The summed E-state index contributed by atoms with van der Waals surface area (Å²) in [6.07, 6.45) is 1.82. The summed E-state index contributed by atoms with van der Waals surface area (Å²) in [5.41, 5.74) is -1.00. The number of hydrogen-bond donors (Lipinski definition) is 2. The Morgan fingerprint density at radius 3 is 2.40 bits per heavy atom. The first kappa shape index (κ1) is 20.6. The second-order valence-corrected chi connectivity index (χ2v) is 6.46. The van der Waals surface area contributed by atoms with Crippen LogP contribution in [0.15, 0.2) is 36.4 Å². The maximum atomic E-state index is 13.3. The normalized spacial score (nSPS) is 12.7. The second kappa shape index (κ2) is 8.51. The first-order valence-corrected chi connectivity index (χ1v) is 8.70. The van der Waals surface area contributed by atoms with Gasteiger partial charge in [-0.2, -0.15) is 4.39 Å². The standard InChI is InChI=1S/C18H15FN4O7/c19-13-5-4-12(8-15(13)22(26)27)21-17(24)9-30-18(25)10-1-6-14(20-11-2-3-11)16(7-10)23(28)29/h1,4-8,11,20H,2-3,9H2,(H,21,24). The van der Waals surface area contributed by atoms with Crippen molar-refractivity contribution in [3.63, 3.8) is 0 Å². The van der Waals surface area contributed by atoms with E-state index in [2.05, 4.69) is 10.6 Å². The van der Waals surface area contributed by atoms with E-state index in [9.17, 15) is 34.2 Å². The molecule has 12 heteroatoms. The van der Waals surface area contributed by atoms with E-state index < -0.39 is 39.8 Å². The summed E-state index contributed by atoms with van der Waals surface area (Å²) in [7, 11) is 0. The van der Waals surface area contributed by atoms with Gasteiger partial charge in [0.2, 0.25) is 5.82 Å². The second-order valence-electron chi connectivity index (χ2n) is 6.46. The Hall–Kier alpha value is -4.09. The van der Waals surface area contributed by atoms with Gasteiger partial charge < -0.3 is 15.4 Å². The number of halogens is 1. The molecule has 0 saturated heterocycles. The van der Waals surface area contributed by atoms with Crippen molar-refractivity contribution < 1.29 is 28.6 Å². The fourth-order valence-corrected chi connectivity index (χ4v) is 2.52. The van der Waals surface area contributed by atoms with E-state index in [-0.39, 0.29) is 28.7 Å². The Balaban J connectivity index is 1.61. The summed E-state index contributed by atoms with van der Waals surface area (Å²) in [6, 6.07) is 6.70. The lowest BCUT2D eigenvalue weighted by atomic mass is 10.1. The third kappa shape index (κ3) is 5.04. The highest BCUT2D eigenvalue weighted by molar-refractivity contribution is 5.96. The number of esters is 1. The molecule has 30 heavy (non-hydrogen) atoms. The van der Waals surface area contributed by atoms with E-state index in [1.807, 2.05) is 0 Å². The third-order valence-electron chi connectivity index (χ3n) is 4.13. The van der Waals surface area contributed by atoms with Gasteiger partial charge in [0.25, 0.3) is 11.6 Å². The first-order valence-electron chi connectivity index (χ1n) is 8.70. The topological polar surface area (TPSA) is 154 Å². The maximum absolute atomic E-state index is 13.3. The minimum atomic E-state index is -1.06. The molecule has 1 aliphatic rings. The summed E-state index contributed by atoms with van der Waals surface area (Å²) in [4.78, 5) is 44.4. The van der Waals surface area contributed by atoms with Crippen LogP contribution in [0.5, 0.6) is 0 Å². The molecule has 11 nitrogen and oxygen atoms in total. The van der Waals surface area contributed by atoms with Crippen LogP contribution in [0.1, 0.15) is 23.2 Å². The van der Waals surface area contributed by atoms with Gasteiger partial charge >= 0.3 is 11.7 Å². The van der Waals surface area contributed by atoms with E-state index in [0.29, 0.717) is 0 Å². The highest BCUT2D eigenvalue weighted by atomic mass is 19.1. The van der Waals surface area contributed by atoms with Crippen LogP contribution in [0.2, 0.25) is 0 Å². The highest BCUT2D eigenvalue weighted by Gasteiger charge is 2.26. The molecule has 156 valence electrons. The highest BCUT2D eigenvalue weighted by Crippen LogP contribution is 2.31. The van der Waals surface area contributed by atoms with Crippen molar-refractivity contribution in [3.05, 3.63) is 68.0 Å². The number of rotatable bonds is 8. The number of benzene rings is 2. The van der Waals surface area contributed by atoms with Gasteiger partial charge in [0.15, 0.2) is 6.61 Å². The molecule has 0 unspecified atom stereocenters. The molecule has 1 fully saturated rings. The molecule has 0 aromatic heterocycles. The summed E-state index contributed by atoms with van der Waals surface area (Å²) in [5.74, 6) is -2.85. The van der Waals surface area contributed by atoms with E-state index in [4.69, 9.17) is 4.74 Å². The van der Waals surface area contributed by atoms with Gasteiger partial charge in [-0.05, 0) is 37.1 Å². The molecule has 0 radical (unpaired) electrons. The zero-order valence-corrected chi connectivity index (χ0v) is 15.3. The summed E-state index contributed by atoms with van der Waals surface area (Å²) < 4.78 is 18.1. The zero-order chi connectivity index (χ0) is 21.8. The largest absolute Gasteiger partial charge is 0.452 e. The lowest BCUT2D eigenvalue weighted by Crippen LogP contribution is -2.21. The van der Waals surface area contributed by atoms with Crippen molar-refractivity contribution in [2.75, 3.05) is 17.2 Å². The van der Waals surface area contributed by atoms with Crippen molar-refractivity contribution in [3.8, 4) is 0 Å². The van der Waals surface area contributed by atoms with Crippen LogP contribution in [0.3, 0.4) is 0 Å². The summed E-state index contributed by atoms with van der Waals surface area (Å²) in [6.45, 7) is -0.750. The lowest BCUT2D eigenvalue weighted by molar-refractivity contribution is -0.387. The fourth-order valence-electron chi connectivity index (χ4n) is 2.52. The molecule has 0 spiro atoms. The number of nitro groups is 2. The van der Waals surface area contributed by atoms with Gasteiger partial charge in [0.1, 0.15) is 5.69 Å². The SMILES string of the molecule is O=C(COC(=O)c1ccc(NC2CC2)c([N+](=O)[O-])c1)Nc1ccc(F)c([N+](=O)[O-])c1. The van der Waals surface area contributed by atoms with Gasteiger partial charge in [0.05, 0.1) is 15.4 Å². The van der Waals surface area contributed by atoms with Crippen LogP contribution < -0.4 is 10.6 Å². The fraction of sp³-hybridized carbons (Fsp3) is 0.222. The molecule has 2 aromatic carbocycles. The molecule has 2 N–H and O–H groups in total. The van der Waals surface area contributed by atoms with Crippen molar-refractivity contribution >= 4 is 34.6 Å². The Kier molecular flexibility index (Phi) is 5.85. The molecule has 3 rings (SSSR count). The van der Waals surface area contributed by atoms with Crippen LogP contribution >= 0.6 is 0 Å². The number of nitrogens with zero attached hydrogens (tertiary/aromatic N) is 2. The maximum Gasteiger partial charge on any atom is 0.338 e. The third-order valence-corrected chi connectivity index (χ3v) is 4.13. The summed E-state index contributed by atoms with van der Waals surface area (Å²) in [5, 5.41) is 27.2. The van der Waals surface area contributed by atoms with Crippen LogP contribution in [0, 0.1) is 26.0 Å². The van der Waals surface area contributed by atoms with Gasteiger partial charge in [0, 0.05) is 23.9 Å². The Morgan fingerprint density at radius 2 is 1.77 bits per heavy atom. The number of hydrogen-bond acceptors (Lipinski definition) is 8.